The summed E-state index contributed by atoms with van der Waals surface area (Å²) in [6, 6.07) is 17.5. The number of carbonyl (C=O) groups excluding carboxylic acids is 1. The van der Waals surface area contributed by atoms with Crippen LogP contribution in [0.15, 0.2) is 77.7 Å². The maximum absolute atomic E-state index is 12.8. The third-order valence-electron chi connectivity index (χ3n) is 4.89. The van der Waals surface area contributed by atoms with Crippen molar-refractivity contribution in [1.29, 1.82) is 0 Å². The molecule has 3 aromatic carbocycles. The van der Waals surface area contributed by atoms with Crippen molar-refractivity contribution >= 4 is 54.6 Å². The van der Waals surface area contributed by atoms with Gasteiger partial charge in [-0.05, 0) is 68.4 Å². The molecule has 1 atom stereocenters. The zero-order valence-corrected chi connectivity index (χ0v) is 21.1. The van der Waals surface area contributed by atoms with Crippen molar-refractivity contribution in [3.63, 3.8) is 0 Å². The Morgan fingerprint density at radius 3 is 2.09 bits per heavy atom. The second-order valence-electron chi connectivity index (χ2n) is 7.70. The lowest BCUT2D eigenvalue weighted by Crippen LogP contribution is -2.45. The summed E-state index contributed by atoms with van der Waals surface area (Å²) in [7, 11) is -7.62. The molecule has 11 heteroatoms. The summed E-state index contributed by atoms with van der Waals surface area (Å²) in [5.74, 6) is -0.571. The molecule has 0 aliphatic rings. The molecule has 0 unspecified atom stereocenters. The number of anilines is 3. The van der Waals surface area contributed by atoms with Crippen molar-refractivity contribution in [2.75, 3.05) is 20.6 Å². The first kappa shape index (κ1) is 25.5. The summed E-state index contributed by atoms with van der Waals surface area (Å²) in [4.78, 5) is 12.8. The van der Waals surface area contributed by atoms with Gasteiger partial charge in [0.05, 0.1) is 22.5 Å². The number of halogens is 1. The van der Waals surface area contributed by atoms with Crippen molar-refractivity contribution in [2.24, 2.45) is 0 Å². The normalized spacial score (nSPS) is 12.6. The van der Waals surface area contributed by atoms with Crippen LogP contribution in [0, 0.1) is 6.92 Å². The number of hydrogen-bond acceptors (Lipinski definition) is 5. The number of nitrogens with one attached hydrogen (secondary N) is 2. The number of hydrogen-bond donors (Lipinski definition) is 2. The molecule has 3 aromatic rings. The van der Waals surface area contributed by atoms with Gasteiger partial charge in [-0.15, -0.1) is 0 Å². The van der Waals surface area contributed by atoms with E-state index in [0.29, 0.717) is 22.1 Å². The molecule has 0 bridgehead atoms. The maximum atomic E-state index is 12.8. The quantitative estimate of drug-likeness (QED) is 0.460. The van der Waals surface area contributed by atoms with Gasteiger partial charge >= 0.3 is 0 Å². The predicted octanol–water partition coefficient (Wildman–Crippen LogP) is 4.24. The Balaban J connectivity index is 1.76. The molecular formula is C23H24ClN3O5S2. The van der Waals surface area contributed by atoms with E-state index in [2.05, 4.69) is 10.0 Å². The molecule has 1 amide bonds. The lowest BCUT2D eigenvalue weighted by atomic mass is 10.2. The van der Waals surface area contributed by atoms with Gasteiger partial charge in [-0.1, -0.05) is 35.4 Å². The smallest absolute Gasteiger partial charge is 0.261 e. The fourth-order valence-corrected chi connectivity index (χ4v) is 5.65. The van der Waals surface area contributed by atoms with Crippen molar-refractivity contribution < 1.29 is 21.6 Å². The topological polar surface area (TPSA) is 113 Å². The minimum Gasteiger partial charge on any atom is -0.324 e. The van der Waals surface area contributed by atoms with Crippen molar-refractivity contribution in [1.82, 2.24) is 0 Å². The average Bonchev–Trinajstić information content (AvgIpc) is 2.74. The standard InChI is InChI=1S/C23H24ClN3O5S2/c1-16-7-11-21(12-8-16)27(33(3,29)30)17(2)23(28)25-19-9-13-22(14-10-19)34(31,32)26-20-6-4-5-18(24)15-20/h4-15,17,26H,1-3H3,(H,25,28)/t17-/m1/s1. The number of rotatable bonds is 8. The molecule has 0 saturated heterocycles. The second kappa shape index (κ2) is 10.0. The molecule has 0 heterocycles. The molecule has 0 spiro atoms. The fraction of sp³-hybridized carbons (Fsp3) is 0.174. The summed E-state index contributed by atoms with van der Waals surface area (Å²) < 4.78 is 53.5. The molecule has 0 saturated carbocycles. The number of benzene rings is 3. The number of amides is 1. The van der Waals surface area contributed by atoms with Crippen LogP contribution in [0.25, 0.3) is 0 Å². The Morgan fingerprint density at radius 1 is 0.912 bits per heavy atom. The summed E-state index contributed by atoms with van der Waals surface area (Å²) in [5, 5.41) is 3.02. The zero-order valence-electron chi connectivity index (χ0n) is 18.7. The first-order valence-electron chi connectivity index (χ1n) is 10.1. The van der Waals surface area contributed by atoms with Gasteiger partial charge < -0.3 is 5.32 Å². The van der Waals surface area contributed by atoms with Gasteiger partial charge in [-0.25, -0.2) is 16.8 Å². The zero-order chi connectivity index (χ0) is 25.1. The van der Waals surface area contributed by atoms with E-state index in [4.69, 9.17) is 11.6 Å². The number of nitrogens with zero attached hydrogens (tertiary/aromatic N) is 1. The van der Waals surface area contributed by atoms with E-state index in [0.717, 1.165) is 16.1 Å². The van der Waals surface area contributed by atoms with Gasteiger partial charge in [0.15, 0.2) is 0 Å². The average molecular weight is 522 g/mol. The van der Waals surface area contributed by atoms with Crippen LogP contribution in [0.2, 0.25) is 5.02 Å². The van der Waals surface area contributed by atoms with E-state index in [1.54, 1.807) is 42.5 Å². The van der Waals surface area contributed by atoms with Crippen LogP contribution >= 0.6 is 11.6 Å². The molecule has 3 rings (SSSR count). The summed E-state index contributed by atoms with van der Waals surface area (Å²) in [6.07, 6.45) is 1.03. The van der Waals surface area contributed by atoms with Crippen LogP contribution < -0.4 is 14.3 Å². The van der Waals surface area contributed by atoms with Gasteiger partial charge in [0.2, 0.25) is 15.9 Å². The van der Waals surface area contributed by atoms with E-state index >= 15 is 0 Å². The third kappa shape index (κ3) is 6.28. The Morgan fingerprint density at radius 2 is 1.53 bits per heavy atom. The van der Waals surface area contributed by atoms with Gasteiger partial charge in [0.25, 0.3) is 10.0 Å². The van der Waals surface area contributed by atoms with Crippen LogP contribution in [-0.2, 0) is 24.8 Å². The van der Waals surface area contributed by atoms with Gasteiger partial charge in [0, 0.05) is 10.7 Å². The molecule has 0 aliphatic heterocycles. The van der Waals surface area contributed by atoms with Crippen molar-refractivity contribution in [3.05, 3.63) is 83.4 Å². The van der Waals surface area contributed by atoms with Gasteiger partial charge in [-0.2, -0.15) is 0 Å². The number of aryl methyl sites for hydroxylation is 1. The molecule has 0 fully saturated rings. The van der Waals surface area contributed by atoms with Crippen LogP contribution in [0.3, 0.4) is 0 Å². The summed E-state index contributed by atoms with van der Waals surface area (Å²) in [6.45, 7) is 3.35. The number of carbonyl (C=O) groups is 1. The minimum absolute atomic E-state index is 0.0176. The van der Waals surface area contributed by atoms with Crippen molar-refractivity contribution in [3.8, 4) is 0 Å². The maximum Gasteiger partial charge on any atom is 0.261 e. The highest BCUT2D eigenvalue weighted by Crippen LogP contribution is 2.23. The third-order valence-corrected chi connectivity index (χ3v) is 7.76. The SMILES string of the molecule is Cc1ccc(N([C@H](C)C(=O)Nc2ccc(S(=O)(=O)Nc3cccc(Cl)c3)cc2)S(C)(=O)=O)cc1. The van der Waals surface area contributed by atoms with Crippen LogP contribution in [0.4, 0.5) is 17.1 Å². The minimum atomic E-state index is -3.87. The fourth-order valence-electron chi connectivity index (χ4n) is 3.23. The van der Waals surface area contributed by atoms with E-state index < -0.39 is 32.0 Å². The monoisotopic (exact) mass is 521 g/mol. The van der Waals surface area contributed by atoms with Crippen LogP contribution in [-0.4, -0.2) is 35.0 Å². The Hall–Kier alpha value is -3.08. The molecule has 8 nitrogen and oxygen atoms in total. The lowest BCUT2D eigenvalue weighted by molar-refractivity contribution is -0.116. The van der Waals surface area contributed by atoms with E-state index in [1.165, 1.54) is 37.3 Å². The molecule has 2 N–H and O–H groups in total. The highest BCUT2D eigenvalue weighted by atomic mass is 35.5. The molecule has 180 valence electrons. The summed E-state index contributed by atoms with van der Waals surface area (Å²) in [5.41, 5.74) is 1.95. The molecule has 0 aliphatic carbocycles. The predicted molar refractivity (Wildman–Crippen MR) is 135 cm³/mol. The lowest BCUT2D eigenvalue weighted by Gasteiger charge is -2.28. The summed E-state index contributed by atoms with van der Waals surface area (Å²) >= 11 is 5.89. The molecule has 34 heavy (non-hydrogen) atoms. The molecular weight excluding hydrogens is 498 g/mol. The molecule has 0 aromatic heterocycles. The molecule has 0 radical (unpaired) electrons. The van der Waals surface area contributed by atoms with Crippen LogP contribution in [0.5, 0.6) is 0 Å². The van der Waals surface area contributed by atoms with Gasteiger partial charge in [-0.3, -0.25) is 13.8 Å². The largest absolute Gasteiger partial charge is 0.324 e. The Bertz CT molecular complexity index is 1390. The van der Waals surface area contributed by atoms with E-state index in [-0.39, 0.29) is 4.90 Å². The Labute approximate surface area is 204 Å². The highest BCUT2D eigenvalue weighted by molar-refractivity contribution is 7.92. The Kier molecular flexibility index (Phi) is 7.54. The van der Waals surface area contributed by atoms with E-state index in [9.17, 15) is 21.6 Å². The van der Waals surface area contributed by atoms with Gasteiger partial charge in [0.1, 0.15) is 6.04 Å². The first-order valence-corrected chi connectivity index (χ1v) is 13.8. The highest BCUT2D eigenvalue weighted by Gasteiger charge is 2.29. The first-order chi connectivity index (χ1) is 15.9. The second-order valence-corrected chi connectivity index (χ2v) is 11.7. The number of sulfonamides is 2. The van der Waals surface area contributed by atoms with E-state index in [1.807, 2.05) is 6.92 Å². The van der Waals surface area contributed by atoms with Crippen molar-refractivity contribution in [2.45, 2.75) is 24.8 Å². The van der Waals surface area contributed by atoms with Crippen LogP contribution in [0.1, 0.15) is 12.5 Å².